The molecule has 0 aliphatic heterocycles. The first-order valence-corrected chi connectivity index (χ1v) is 7.81. The molecule has 0 spiro atoms. The van der Waals surface area contributed by atoms with Crippen molar-refractivity contribution < 1.29 is 14.3 Å². The molecule has 0 unspecified atom stereocenters. The third-order valence-electron chi connectivity index (χ3n) is 2.85. The van der Waals surface area contributed by atoms with Crippen molar-refractivity contribution in [2.45, 2.75) is 13.8 Å². The van der Waals surface area contributed by atoms with Gasteiger partial charge in [-0.25, -0.2) is 0 Å². The number of carbonyl (C=O) groups excluding carboxylic acids is 2. The van der Waals surface area contributed by atoms with Crippen LogP contribution >= 0.6 is 0 Å². The Balaban J connectivity index is 0.000000257. The molecule has 2 aromatic carbocycles. The maximum absolute atomic E-state index is 10.5. The molecule has 0 N–H and O–H groups in total. The Morgan fingerprint density at radius 2 is 1.24 bits per heavy atom. The van der Waals surface area contributed by atoms with E-state index in [4.69, 9.17) is 4.74 Å². The monoisotopic (exact) mass is 334 g/mol. The van der Waals surface area contributed by atoms with Crippen LogP contribution in [0, 0.1) is 0 Å². The average molecular weight is 334 g/mol. The Bertz CT molecular complexity index is 741. The molecule has 0 heterocycles. The summed E-state index contributed by atoms with van der Waals surface area (Å²) in [6.07, 6.45) is 6.87. The third kappa shape index (κ3) is 10.2. The first-order valence-electron chi connectivity index (χ1n) is 7.81. The molecule has 3 nitrogen and oxygen atoms in total. The topological polar surface area (TPSA) is 43.4 Å². The molecule has 0 amide bonds. The number of esters is 1. The average Bonchev–Trinajstić information content (AvgIpc) is 2.60. The van der Waals surface area contributed by atoms with Crippen molar-refractivity contribution in [3.8, 4) is 0 Å². The van der Waals surface area contributed by atoms with Crippen LogP contribution in [0.4, 0.5) is 0 Å². The number of hydrogen-bond donors (Lipinski definition) is 0. The lowest BCUT2D eigenvalue weighted by atomic mass is 10.2. The van der Waals surface area contributed by atoms with Crippen LogP contribution in [-0.2, 0) is 14.3 Å². The van der Waals surface area contributed by atoms with Crippen LogP contribution in [0.15, 0.2) is 85.2 Å². The normalized spacial score (nSPS) is 10.2. The predicted octanol–water partition coefficient (Wildman–Crippen LogP) is 5.07. The van der Waals surface area contributed by atoms with Crippen LogP contribution < -0.4 is 0 Å². The second kappa shape index (κ2) is 11.4. The summed E-state index contributed by atoms with van der Waals surface area (Å²) >= 11 is 0. The van der Waals surface area contributed by atoms with Gasteiger partial charge in [0.2, 0.25) is 0 Å². The molecule has 0 bridgehead atoms. The first-order chi connectivity index (χ1) is 12.0. The lowest BCUT2D eigenvalue weighted by molar-refractivity contribution is -0.136. The van der Waals surface area contributed by atoms with Crippen LogP contribution in [0.25, 0.3) is 12.2 Å². The molecule has 3 heteroatoms. The lowest BCUT2D eigenvalue weighted by Crippen LogP contribution is -1.94. The molecule has 0 aliphatic carbocycles. The fourth-order valence-electron chi connectivity index (χ4n) is 1.75. The second-order valence-corrected chi connectivity index (χ2v) is 5.16. The smallest absolute Gasteiger partial charge is 0.308 e. The van der Waals surface area contributed by atoms with Gasteiger partial charge in [-0.2, -0.15) is 0 Å². The molecule has 0 radical (unpaired) electrons. The van der Waals surface area contributed by atoms with E-state index < -0.39 is 0 Å². The Labute approximate surface area is 149 Å². The predicted molar refractivity (Wildman–Crippen MR) is 103 cm³/mol. The fraction of sp³-hybridized carbons (Fsp3) is 0.0909. The SMILES string of the molecule is C=C(/C=C/c1ccccc1)OC(C)=O.CC(=O)/C=C/c1ccccc1. The van der Waals surface area contributed by atoms with Crippen LogP contribution in [0.3, 0.4) is 0 Å². The quantitative estimate of drug-likeness (QED) is 0.332. The first kappa shape index (κ1) is 19.8. The van der Waals surface area contributed by atoms with Gasteiger partial charge in [0.25, 0.3) is 0 Å². The van der Waals surface area contributed by atoms with Crippen molar-refractivity contribution in [2.75, 3.05) is 0 Å². The van der Waals surface area contributed by atoms with E-state index in [9.17, 15) is 9.59 Å². The molecule has 128 valence electrons. The third-order valence-corrected chi connectivity index (χ3v) is 2.85. The molecule has 0 saturated heterocycles. The summed E-state index contributed by atoms with van der Waals surface area (Å²) in [7, 11) is 0. The standard InChI is InChI=1S/C12H12O2.C10H10O/c1-10(14-11(2)13)8-9-12-6-4-3-5-7-12;1-9(11)7-8-10-5-3-2-4-6-10/h3-9H,1H2,2H3;2-8H,1H3/b9-8+;8-7+. The highest BCUT2D eigenvalue weighted by Crippen LogP contribution is 2.04. The molecule has 0 aliphatic rings. The maximum Gasteiger partial charge on any atom is 0.308 e. The number of allylic oxidation sites excluding steroid dienone is 2. The summed E-state index contributed by atoms with van der Waals surface area (Å²) in [5.41, 5.74) is 2.10. The maximum atomic E-state index is 10.5. The van der Waals surface area contributed by atoms with Gasteiger partial charge in [0, 0.05) is 6.92 Å². The summed E-state index contributed by atoms with van der Waals surface area (Å²) in [6, 6.07) is 19.5. The molecular weight excluding hydrogens is 312 g/mol. The highest BCUT2D eigenvalue weighted by molar-refractivity contribution is 5.91. The van der Waals surface area contributed by atoms with Crippen molar-refractivity contribution >= 4 is 23.9 Å². The zero-order valence-electron chi connectivity index (χ0n) is 14.5. The molecule has 0 saturated carbocycles. The molecule has 0 aromatic heterocycles. The number of benzene rings is 2. The van der Waals surface area contributed by atoms with Gasteiger partial charge in [-0.1, -0.05) is 79.4 Å². The van der Waals surface area contributed by atoms with Crippen molar-refractivity contribution in [2.24, 2.45) is 0 Å². The van der Waals surface area contributed by atoms with Crippen molar-refractivity contribution in [1.82, 2.24) is 0 Å². The van der Waals surface area contributed by atoms with Gasteiger partial charge in [-0.15, -0.1) is 0 Å². The van der Waals surface area contributed by atoms with Gasteiger partial charge >= 0.3 is 5.97 Å². The van der Waals surface area contributed by atoms with Crippen molar-refractivity contribution in [1.29, 1.82) is 0 Å². The Kier molecular flexibility index (Phi) is 9.01. The van der Waals surface area contributed by atoms with Crippen LogP contribution in [0.2, 0.25) is 0 Å². The van der Waals surface area contributed by atoms with Crippen LogP contribution in [-0.4, -0.2) is 11.8 Å². The van der Waals surface area contributed by atoms with E-state index in [1.54, 1.807) is 19.1 Å². The zero-order valence-corrected chi connectivity index (χ0v) is 14.5. The number of rotatable bonds is 5. The van der Waals surface area contributed by atoms with Gasteiger partial charge in [-0.3, -0.25) is 9.59 Å². The number of hydrogen-bond acceptors (Lipinski definition) is 3. The molecule has 0 atom stereocenters. The second-order valence-electron chi connectivity index (χ2n) is 5.16. The van der Waals surface area contributed by atoms with Gasteiger partial charge < -0.3 is 4.74 Å². The molecule has 2 aromatic rings. The van der Waals surface area contributed by atoms with Gasteiger partial charge in [-0.05, 0) is 30.2 Å². The van der Waals surface area contributed by atoms with E-state index in [0.29, 0.717) is 5.76 Å². The van der Waals surface area contributed by atoms with Crippen molar-refractivity contribution in [3.63, 3.8) is 0 Å². The summed E-state index contributed by atoms with van der Waals surface area (Å²) in [5, 5.41) is 0. The highest BCUT2D eigenvalue weighted by Gasteiger charge is 1.93. The van der Waals surface area contributed by atoms with Gasteiger partial charge in [0.1, 0.15) is 5.76 Å². The summed E-state index contributed by atoms with van der Waals surface area (Å²) in [5.74, 6) is 0.0721. The largest absolute Gasteiger partial charge is 0.427 e. The van der Waals surface area contributed by atoms with E-state index in [2.05, 4.69) is 6.58 Å². The lowest BCUT2D eigenvalue weighted by Gasteiger charge is -1.98. The van der Waals surface area contributed by atoms with E-state index in [0.717, 1.165) is 11.1 Å². The summed E-state index contributed by atoms with van der Waals surface area (Å²) in [4.78, 5) is 21.1. The summed E-state index contributed by atoms with van der Waals surface area (Å²) < 4.78 is 4.75. The molecular formula is C22H22O3. The number of carbonyl (C=O) groups is 2. The molecule has 25 heavy (non-hydrogen) atoms. The summed E-state index contributed by atoms with van der Waals surface area (Å²) in [6.45, 7) is 6.47. The Morgan fingerprint density at radius 1 is 0.800 bits per heavy atom. The zero-order chi connectivity index (χ0) is 18.5. The van der Waals surface area contributed by atoms with E-state index in [1.165, 1.54) is 6.92 Å². The van der Waals surface area contributed by atoms with E-state index in [-0.39, 0.29) is 11.8 Å². The number of ketones is 1. The van der Waals surface area contributed by atoms with Crippen LogP contribution in [0.5, 0.6) is 0 Å². The highest BCUT2D eigenvalue weighted by atomic mass is 16.5. The van der Waals surface area contributed by atoms with E-state index in [1.807, 2.05) is 72.8 Å². The van der Waals surface area contributed by atoms with Gasteiger partial charge in [0.15, 0.2) is 5.78 Å². The van der Waals surface area contributed by atoms with Crippen molar-refractivity contribution in [3.05, 3.63) is 96.3 Å². The van der Waals surface area contributed by atoms with E-state index >= 15 is 0 Å². The fourth-order valence-corrected chi connectivity index (χ4v) is 1.75. The molecule has 2 rings (SSSR count). The van der Waals surface area contributed by atoms with Crippen LogP contribution in [0.1, 0.15) is 25.0 Å². The molecule has 0 fully saturated rings. The number of ether oxygens (including phenoxy) is 1. The Morgan fingerprint density at radius 3 is 1.64 bits per heavy atom. The minimum atomic E-state index is -0.354. The Hall–Kier alpha value is -3.20. The van der Waals surface area contributed by atoms with Gasteiger partial charge in [0.05, 0.1) is 0 Å². The minimum absolute atomic E-state index is 0.0776. The minimum Gasteiger partial charge on any atom is -0.427 e.